The van der Waals surface area contributed by atoms with Crippen LogP contribution in [0.2, 0.25) is 5.02 Å². The molecule has 0 radical (unpaired) electrons. The molecule has 0 unspecified atom stereocenters. The number of rotatable bonds is 4. The molecule has 1 N–H and O–H groups in total. The van der Waals surface area contributed by atoms with Gasteiger partial charge in [-0.05, 0) is 24.3 Å². The largest absolute Gasteiger partial charge is 0.488 e. The summed E-state index contributed by atoms with van der Waals surface area (Å²) < 4.78 is 6.91. The topological polar surface area (TPSA) is 47.3 Å². The lowest BCUT2D eigenvalue weighted by atomic mass is 10.3. The average molecular weight is 239 g/mol. The molecule has 4 nitrogen and oxygen atoms in total. The Morgan fingerprint density at radius 2 is 2.06 bits per heavy atom. The SMILES string of the molecule is OCCOc1cnn(-c2ccc(Cl)cc2)c1. The van der Waals surface area contributed by atoms with E-state index in [4.69, 9.17) is 21.4 Å². The van der Waals surface area contributed by atoms with Crippen LogP contribution in [0.3, 0.4) is 0 Å². The number of benzene rings is 1. The number of hydrogen-bond acceptors (Lipinski definition) is 3. The number of aliphatic hydroxyl groups is 1. The third-order valence-corrected chi connectivity index (χ3v) is 2.26. The Balaban J connectivity index is 2.15. The van der Waals surface area contributed by atoms with Gasteiger partial charge in [-0.15, -0.1) is 0 Å². The Morgan fingerprint density at radius 1 is 1.31 bits per heavy atom. The van der Waals surface area contributed by atoms with Gasteiger partial charge in [0.05, 0.1) is 24.7 Å². The maximum absolute atomic E-state index is 8.62. The maximum Gasteiger partial charge on any atom is 0.157 e. The van der Waals surface area contributed by atoms with Crippen molar-refractivity contribution in [3.63, 3.8) is 0 Å². The predicted molar refractivity (Wildman–Crippen MR) is 61.2 cm³/mol. The van der Waals surface area contributed by atoms with E-state index in [9.17, 15) is 0 Å². The number of aliphatic hydroxyl groups excluding tert-OH is 1. The fraction of sp³-hybridized carbons (Fsp3) is 0.182. The number of nitrogens with zero attached hydrogens (tertiary/aromatic N) is 2. The Kier molecular flexibility index (Phi) is 3.44. The van der Waals surface area contributed by atoms with E-state index in [-0.39, 0.29) is 13.2 Å². The monoisotopic (exact) mass is 238 g/mol. The first-order valence-electron chi connectivity index (χ1n) is 4.84. The van der Waals surface area contributed by atoms with Crippen LogP contribution in [0.25, 0.3) is 5.69 Å². The summed E-state index contributed by atoms with van der Waals surface area (Å²) in [5.74, 6) is 0.629. The van der Waals surface area contributed by atoms with Crippen molar-refractivity contribution in [2.45, 2.75) is 0 Å². The zero-order chi connectivity index (χ0) is 11.4. The molecule has 2 aromatic rings. The van der Waals surface area contributed by atoms with Crippen molar-refractivity contribution >= 4 is 11.6 Å². The first kappa shape index (κ1) is 11.0. The first-order chi connectivity index (χ1) is 7.79. The van der Waals surface area contributed by atoms with Gasteiger partial charge in [-0.2, -0.15) is 5.10 Å². The number of ether oxygens (including phenoxy) is 1. The fourth-order valence-corrected chi connectivity index (χ4v) is 1.41. The molecule has 84 valence electrons. The predicted octanol–water partition coefficient (Wildman–Crippen LogP) is 1.90. The molecule has 0 saturated carbocycles. The van der Waals surface area contributed by atoms with Gasteiger partial charge in [0.1, 0.15) is 6.61 Å². The summed E-state index contributed by atoms with van der Waals surface area (Å²) in [4.78, 5) is 0. The minimum absolute atomic E-state index is 0.00781. The summed E-state index contributed by atoms with van der Waals surface area (Å²) in [6.07, 6.45) is 3.35. The van der Waals surface area contributed by atoms with Crippen LogP contribution < -0.4 is 4.74 Å². The second-order valence-electron chi connectivity index (χ2n) is 3.17. The zero-order valence-electron chi connectivity index (χ0n) is 8.51. The highest BCUT2D eigenvalue weighted by Crippen LogP contribution is 2.16. The number of halogens is 1. The Labute approximate surface area is 98.0 Å². The van der Waals surface area contributed by atoms with Gasteiger partial charge < -0.3 is 9.84 Å². The standard InChI is InChI=1S/C11H11ClN2O2/c12-9-1-3-10(4-2-9)14-8-11(7-13-14)16-6-5-15/h1-4,7-8,15H,5-6H2. The van der Waals surface area contributed by atoms with Gasteiger partial charge in [0.15, 0.2) is 5.75 Å². The Bertz CT molecular complexity index is 453. The lowest BCUT2D eigenvalue weighted by Gasteiger charge is -2.01. The third kappa shape index (κ3) is 2.53. The van der Waals surface area contributed by atoms with E-state index in [0.717, 1.165) is 5.69 Å². The van der Waals surface area contributed by atoms with Gasteiger partial charge in [-0.1, -0.05) is 11.6 Å². The highest BCUT2D eigenvalue weighted by molar-refractivity contribution is 6.30. The zero-order valence-corrected chi connectivity index (χ0v) is 9.26. The summed E-state index contributed by atoms with van der Waals surface area (Å²) in [5.41, 5.74) is 0.906. The number of aromatic nitrogens is 2. The lowest BCUT2D eigenvalue weighted by molar-refractivity contribution is 0.201. The first-order valence-corrected chi connectivity index (χ1v) is 5.21. The molecular weight excluding hydrogens is 228 g/mol. The highest BCUT2D eigenvalue weighted by Gasteiger charge is 2.01. The molecule has 5 heteroatoms. The van der Waals surface area contributed by atoms with E-state index in [0.29, 0.717) is 10.8 Å². The molecule has 1 heterocycles. The van der Waals surface area contributed by atoms with Crippen LogP contribution in [0.5, 0.6) is 5.75 Å². The molecule has 0 saturated heterocycles. The van der Waals surface area contributed by atoms with Crippen LogP contribution in [0, 0.1) is 0 Å². The smallest absolute Gasteiger partial charge is 0.157 e. The Hall–Kier alpha value is -1.52. The van der Waals surface area contributed by atoms with E-state index < -0.39 is 0 Å². The van der Waals surface area contributed by atoms with E-state index in [1.165, 1.54) is 0 Å². The van der Waals surface area contributed by atoms with Crippen LogP contribution in [0.1, 0.15) is 0 Å². The van der Waals surface area contributed by atoms with Crippen LogP contribution >= 0.6 is 11.6 Å². The summed E-state index contributed by atoms with van der Waals surface area (Å²) >= 11 is 5.79. The van der Waals surface area contributed by atoms with Crippen molar-refractivity contribution in [1.29, 1.82) is 0 Å². The fourth-order valence-electron chi connectivity index (χ4n) is 1.28. The second kappa shape index (κ2) is 5.01. The second-order valence-corrected chi connectivity index (χ2v) is 3.61. The highest BCUT2D eigenvalue weighted by atomic mass is 35.5. The van der Waals surface area contributed by atoms with E-state index >= 15 is 0 Å². The van der Waals surface area contributed by atoms with Gasteiger partial charge in [-0.3, -0.25) is 0 Å². The van der Waals surface area contributed by atoms with Crippen LogP contribution in [0.4, 0.5) is 0 Å². The summed E-state index contributed by atoms with van der Waals surface area (Å²) in [7, 11) is 0. The van der Waals surface area contributed by atoms with Crippen molar-refractivity contribution < 1.29 is 9.84 Å². The lowest BCUT2D eigenvalue weighted by Crippen LogP contribution is -2.00. The molecule has 16 heavy (non-hydrogen) atoms. The van der Waals surface area contributed by atoms with Crippen molar-refractivity contribution in [3.8, 4) is 11.4 Å². The number of hydrogen-bond donors (Lipinski definition) is 1. The average Bonchev–Trinajstić information content (AvgIpc) is 2.76. The minimum Gasteiger partial charge on any atom is -0.488 e. The Morgan fingerprint density at radius 3 is 2.75 bits per heavy atom. The van der Waals surface area contributed by atoms with Gasteiger partial charge in [0.25, 0.3) is 0 Å². The van der Waals surface area contributed by atoms with Crippen LogP contribution in [-0.2, 0) is 0 Å². The molecule has 0 aliphatic heterocycles. The molecule has 0 amide bonds. The van der Waals surface area contributed by atoms with Crippen molar-refractivity contribution in [2.24, 2.45) is 0 Å². The normalized spacial score (nSPS) is 10.4. The molecule has 0 bridgehead atoms. The molecule has 0 aliphatic rings. The maximum atomic E-state index is 8.62. The molecule has 0 fully saturated rings. The summed E-state index contributed by atoms with van der Waals surface area (Å²) in [5, 5.41) is 13.4. The summed E-state index contributed by atoms with van der Waals surface area (Å²) in [6.45, 7) is 0.262. The molecule has 0 aliphatic carbocycles. The van der Waals surface area contributed by atoms with Crippen molar-refractivity contribution in [1.82, 2.24) is 9.78 Å². The quantitative estimate of drug-likeness (QED) is 0.885. The van der Waals surface area contributed by atoms with Crippen molar-refractivity contribution in [3.05, 3.63) is 41.7 Å². The molecule has 1 aromatic carbocycles. The van der Waals surface area contributed by atoms with E-state index in [1.807, 2.05) is 12.1 Å². The van der Waals surface area contributed by atoms with E-state index in [2.05, 4.69) is 5.10 Å². The van der Waals surface area contributed by atoms with Crippen LogP contribution in [0.15, 0.2) is 36.7 Å². The molecule has 0 atom stereocenters. The van der Waals surface area contributed by atoms with Gasteiger partial charge in [-0.25, -0.2) is 4.68 Å². The van der Waals surface area contributed by atoms with Crippen molar-refractivity contribution in [2.75, 3.05) is 13.2 Å². The van der Waals surface area contributed by atoms with Gasteiger partial charge >= 0.3 is 0 Å². The molecule has 0 spiro atoms. The third-order valence-electron chi connectivity index (χ3n) is 2.01. The molecule has 1 aromatic heterocycles. The van der Waals surface area contributed by atoms with E-state index in [1.54, 1.807) is 29.2 Å². The minimum atomic E-state index is -0.00781. The summed E-state index contributed by atoms with van der Waals surface area (Å²) in [6, 6.07) is 7.33. The van der Waals surface area contributed by atoms with Gasteiger partial charge in [0.2, 0.25) is 0 Å². The van der Waals surface area contributed by atoms with Gasteiger partial charge in [0, 0.05) is 5.02 Å². The molecular formula is C11H11ClN2O2. The molecule has 2 rings (SSSR count). The van der Waals surface area contributed by atoms with Crippen LogP contribution in [-0.4, -0.2) is 28.1 Å².